The fourth-order valence-electron chi connectivity index (χ4n) is 2.12. The van der Waals surface area contributed by atoms with E-state index < -0.39 is 0 Å². The van der Waals surface area contributed by atoms with Gasteiger partial charge in [-0.05, 0) is 30.4 Å². The SMILES string of the molecule is CCC(C)c1cc(C)c2c(c1F)OCC2. The Morgan fingerprint density at radius 3 is 2.93 bits per heavy atom. The average molecular weight is 208 g/mol. The number of aryl methyl sites for hydroxylation is 1. The van der Waals surface area contributed by atoms with E-state index in [0.717, 1.165) is 24.0 Å². The molecule has 0 aliphatic carbocycles. The largest absolute Gasteiger partial charge is 0.490 e. The molecule has 0 radical (unpaired) electrons. The van der Waals surface area contributed by atoms with Gasteiger partial charge in [-0.3, -0.25) is 0 Å². The molecule has 1 heterocycles. The molecule has 1 aromatic carbocycles. The maximum Gasteiger partial charge on any atom is 0.168 e. The summed E-state index contributed by atoms with van der Waals surface area (Å²) in [4.78, 5) is 0. The quantitative estimate of drug-likeness (QED) is 0.721. The van der Waals surface area contributed by atoms with Gasteiger partial charge in [0.2, 0.25) is 0 Å². The molecule has 0 saturated carbocycles. The molecule has 15 heavy (non-hydrogen) atoms. The van der Waals surface area contributed by atoms with Crippen LogP contribution in [-0.2, 0) is 6.42 Å². The molecule has 82 valence electrons. The topological polar surface area (TPSA) is 9.23 Å². The molecule has 0 fully saturated rings. The molecule has 2 heteroatoms. The van der Waals surface area contributed by atoms with Crippen molar-refractivity contribution in [3.63, 3.8) is 0 Å². The molecule has 1 atom stereocenters. The molecule has 0 spiro atoms. The van der Waals surface area contributed by atoms with Crippen molar-refractivity contribution in [2.24, 2.45) is 0 Å². The van der Waals surface area contributed by atoms with E-state index in [2.05, 4.69) is 13.8 Å². The minimum Gasteiger partial charge on any atom is -0.490 e. The molecule has 1 aliphatic heterocycles. The molecule has 1 unspecified atom stereocenters. The number of fused-ring (bicyclic) bond motifs is 1. The van der Waals surface area contributed by atoms with Crippen LogP contribution in [0.4, 0.5) is 4.39 Å². The Morgan fingerprint density at radius 2 is 2.27 bits per heavy atom. The van der Waals surface area contributed by atoms with Crippen molar-refractivity contribution in [2.75, 3.05) is 6.61 Å². The van der Waals surface area contributed by atoms with Crippen LogP contribution in [0.5, 0.6) is 5.75 Å². The third-order valence-corrected chi connectivity index (χ3v) is 3.32. The summed E-state index contributed by atoms with van der Waals surface area (Å²) in [7, 11) is 0. The Morgan fingerprint density at radius 1 is 1.53 bits per heavy atom. The second-order valence-corrected chi connectivity index (χ2v) is 4.31. The van der Waals surface area contributed by atoms with Gasteiger partial charge < -0.3 is 4.74 Å². The van der Waals surface area contributed by atoms with Crippen molar-refractivity contribution in [2.45, 2.75) is 39.5 Å². The summed E-state index contributed by atoms with van der Waals surface area (Å²) >= 11 is 0. The molecule has 0 saturated heterocycles. The number of halogens is 1. The highest BCUT2D eigenvalue weighted by Crippen LogP contribution is 2.36. The van der Waals surface area contributed by atoms with Crippen molar-refractivity contribution in [3.05, 3.63) is 28.6 Å². The predicted octanol–water partition coefficient (Wildman–Crippen LogP) is 3.58. The summed E-state index contributed by atoms with van der Waals surface area (Å²) in [6.45, 7) is 6.79. The van der Waals surface area contributed by atoms with Crippen molar-refractivity contribution in [1.82, 2.24) is 0 Å². The molecular weight excluding hydrogens is 191 g/mol. The van der Waals surface area contributed by atoms with Crippen LogP contribution < -0.4 is 4.74 Å². The molecule has 0 amide bonds. The standard InChI is InChI=1S/C13H17FO/c1-4-8(2)11-7-9(3)10-5-6-15-13(10)12(11)14/h7-8H,4-6H2,1-3H3. The second-order valence-electron chi connectivity index (χ2n) is 4.31. The third kappa shape index (κ3) is 1.62. The van der Waals surface area contributed by atoms with Gasteiger partial charge in [0.25, 0.3) is 0 Å². The Hall–Kier alpha value is -1.05. The molecule has 1 nitrogen and oxygen atoms in total. The van der Waals surface area contributed by atoms with E-state index in [4.69, 9.17) is 4.74 Å². The summed E-state index contributed by atoms with van der Waals surface area (Å²) in [5.74, 6) is 0.631. The normalized spacial score (nSPS) is 16.0. The van der Waals surface area contributed by atoms with Gasteiger partial charge in [0.05, 0.1) is 6.61 Å². The lowest BCUT2D eigenvalue weighted by atomic mass is 9.93. The number of ether oxygens (including phenoxy) is 1. The van der Waals surface area contributed by atoms with Crippen LogP contribution in [0.1, 0.15) is 42.9 Å². The molecule has 0 aromatic heterocycles. The first kappa shape index (κ1) is 10.5. The van der Waals surface area contributed by atoms with Crippen LogP contribution in [-0.4, -0.2) is 6.61 Å². The fourth-order valence-corrected chi connectivity index (χ4v) is 2.12. The first-order valence-electron chi connectivity index (χ1n) is 5.59. The van der Waals surface area contributed by atoms with Gasteiger partial charge in [0.15, 0.2) is 11.6 Å². The highest BCUT2D eigenvalue weighted by Gasteiger charge is 2.23. The van der Waals surface area contributed by atoms with Crippen molar-refractivity contribution < 1.29 is 9.13 Å². The summed E-state index contributed by atoms with van der Waals surface area (Å²) < 4.78 is 19.4. The number of hydrogen-bond acceptors (Lipinski definition) is 1. The Labute approximate surface area is 90.3 Å². The Bertz CT molecular complexity index is 385. The van der Waals surface area contributed by atoms with Gasteiger partial charge in [0, 0.05) is 12.0 Å². The maximum atomic E-state index is 14.1. The zero-order valence-electron chi connectivity index (χ0n) is 9.56. The Kier molecular flexibility index (Phi) is 2.68. The monoisotopic (exact) mass is 208 g/mol. The lowest BCUT2D eigenvalue weighted by Crippen LogP contribution is -2.00. The minimum absolute atomic E-state index is 0.137. The molecule has 2 rings (SSSR count). The van der Waals surface area contributed by atoms with E-state index >= 15 is 0 Å². The summed E-state index contributed by atoms with van der Waals surface area (Å²) in [6.07, 6.45) is 1.80. The van der Waals surface area contributed by atoms with E-state index in [0.29, 0.717) is 12.4 Å². The van der Waals surface area contributed by atoms with Crippen molar-refractivity contribution in [1.29, 1.82) is 0 Å². The fraction of sp³-hybridized carbons (Fsp3) is 0.538. The first-order valence-corrected chi connectivity index (χ1v) is 5.59. The van der Waals surface area contributed by atoms with Crippen LogP contribution in [0, 0.1) is 12.7 Å². The number of rotatable bonds is 2. The van der Waals surface area contributed by atoms with Gasteiger partial charge in [0.1, 0.15) is 0 Å². The summed E-state index contributed by atoms with van der Waals surface area (Å²) in [6, 6.07) is 1.98. The molecule has 0 bridgehead atoms. The van der Waals surface area contributed by atoms with E-state index in [-0.39, 0.29) is 11.7 Å². The van der Waals surface area contributed by atoms with Crippen LogP contribution in [0.25, 0.3) is 0 Å². The van der Waals surface area contributed by atoms with Gasteiger partial charge in [-0.25, -0.2) is 4.39 Å². The van der Waals surface area contributed by atoms with Crippen LogP contribution in [0.3, 0.4) is 0 Å². The van der Waals surface area contributed by atoms with Crippen LogP contribution in [0.15, 0.2) is 6.07 Å². The van der Waals surface area contributed by atoms with E-state index in [1.165, 1.54) is 5.56 Å². The van der Waals surface area contributed by atoms with Gasteiger partial charge in [-0.2, -0.15) is 0 Å². The summed E-state index contributed by atoms with van der Waals surface area (Å²) in [5, 5.41) is 0. The van der Waals surface area contributed by atoms with Crippen molar-refractivity contribution >= 4 is 0 Å². The lowest BCUT2D eigenvalue weighted by Gasteiger charge is -2.14. The van der Waals surface area contributed by atoms with E-state index in [1.54, 1.807) is 0 Å². The molecule has 0 N–H and O–H groups in total. The van der Waals surface area contributed by atoms with Gasteiger partial charge >= 0.3 is 0 Å². The molecular formula is C13H17FO. The van der Waals surface area contributed by atoms with Crippen molar-refractivity contribution in [3.8, 4) is 5.75 Å². The maximum absolute atomic E-state index is 14.1. The van der Waals surface area contributed by atoms with Crippen LogP contribution in [0.2, 0.25) is 0 Å². The Balaban J connectivity index is 2.54. The highest BCUT2D eigenvalue weighted by atomic mass is 19.1. The first-order chi connectivity index (χ1) is 7.15. The molecule has 1 aliphatic rings. The average Bonchev–Trinajstić information content (AvgIpc) is 2.71. The second kappa shape index (κ2) is 3.84. The van der Waals surface area contributed by atoms with Crippen LogP contribution >= 0.6 is 0 Å². The predicted molar refractivity (Wildman–Crippen MR) is 59.0 cm³/mol. The number of benzene rings is 1. The zero-order valence-corrected chi connectivity index (χ0v) is 9.56. The van der Waals surface area contributed by atoms with E-state index in [9.17, 15) is 4.39 Å². The van der Waals surface area contributed by atoms with E-state index in [1.807, 2.05) is 13.0 Å². The third-order valence-electron chi connectivity index (χ3n) is 3.32. The summed E-state index contributed by atoms with van der Waals surface area (Å²) in [5.41, 5.74) is 3.02. The zero-order chi connectivity index (χ0) is 11.0. The van der Waals surface area contributed by atoms with Gasteiger partial charge in [-0.1, -0.05) is 19.9 Å². The lowest BCUT2D eigenvalue weighted by molar-refractivity contribution is 0.337. The highest BCUT2D eigenvalue weighted by molar-refractivity contribution is 5.47. The smallest absolute Gasteiger partial charge is 0.168 e. The molecule has 1 aromatic rings. The number of hydrogen-bond donors (Lipinski definition) is 0. The minimum atomic E-state index is -0.137. The van der Waals surface area contributed by atoms with Gasteiger partial charge in [-0.15, -0.1) is 0 Å².